The summed E-state index contributed by atoms with van der Waals surface area (Å²) in [6, 6.07) is 2.58. The second-order valence-electron chi connectivity index (χ2n) is 8.56. The van der Waals surface area contributed by atoms with E-state index < -0.39 is 33.7 Å². The van der Waals surface area contributed by atoms with Crippen molar-refractivity contribution in [3.63, 3.8) is 0 Å². The molecule has 1 aromatic heterocycles. The molecular weight excluding hydrogens is 456 g/mol. The number of hydrazine groups is 1. The predicted octanol–water partition coefficient (Wildman–Crippen LogP) is 2.19. The Morgan fingerprint density at radius 1 is 1.15 bits per heavy atom. The zero-order valence-corrected chi connectivity index (χ0v) is 20.1. The fourth-order valence-corrected chi connectivity index (χ4v) is 3.83. The molecule has 0 bridgehead atoms. The van der Waals surface area contributed by atoms with Gasteiger partial charge in [-0.3, -0.25) is 20.4 Å². The molecule has 0 aliphatic rings. The summed E-state index contributed by atoms with van der Waals surface area (Å²) in [6.45, 7) is 6.14. The summed E-state index contributed by atoms with van der Waals surface area (Å²) >= 11 is 0. The molecule has 182 valence electrons. The van der Waals surface area contributed by atoms with E-state index in [0.717, 1.165) is 26.8 Å². The molecule has 12 heteroatoms. The van der Waals surface area contributed by atoms with Gasteiger partial charge in [-0.15, -0.1) is 0 Å². The van der Waals surface area contributed by atoms with Gasteiger partial charge in [0.15, 0.2) is 11.6 Å². The van der Waals surface area contributed by atoms with E-state index >= 15 is 0 Å². The first kappa shape index (κ1) is 26.4. The summed E-state index contributed by atoms with van der Waals surface area (Å²) in [6.07, 6.45) is 2.71. The highest BCUT2D eigenvalue weighted by Crippen LogP contribution is 2.26. The first-order chi connectivity index (χ1) is 15.3. The number of halogens is 2. The number of aromatic nitrogens is 2. The van der Waals surface area contributed by atoms with Crippen LogP contribution in [0.25, 0.3) is 0 Å². The Labute approximate surface area is 192 Å². The standard InChI is InChI=1S/C21H29F2N5O4S/c1-6-21(2,3)12-15-13-28(33(31,32)27(4)5)18(24-15)9-10-19(29)25-26-20(30)14-7-8-16(22)17(23)11-14/h7-8,11,13H,6,9-10,12H2,1-5H3,(H,25,29)(H,26,30). The fraction of sp³-hybridized carbons (Fsp3) is 0.476. The smallest absolute Gasteiger partial charge is 0.273 e. The van der Waals surface area contributed by atoms with Crippen molar-refractivity contribution in [2.45, 2.75) is 46.5 Å². The van der Waals surface area contributed by atoms with E-state index in [4.69, 9.17) is 0 Å². The van der Waals surface area contributed by atoms with Gasteiger partial charge in [0.2, 0.25) is 5.91 Å². The lowest BCUT2D eigenvalue weighted by molar-refractivity contribution is -0.121. The maximum absolute atomic E-state index is 13.3. The van der Waals surface area contributed by atoms with Crippen LogP contribution in [0.4, 0.5) is 8.78 Å². The molecule has 0 radical (unpaired) electrons. The number of benzene rings is 1. The van der Waals surface area contributed by atoms with Crippen molar-refractivity contribution in [3.8, 4) is 0 Å². The number of imidazole rings is 1. The molecule has 1 aromatic carbocycles. The van der Waals surface area contributed by atoms with E-state index in [1.165, 1.54) is 20.3 Å². The van der Waals surface area contributed by atoms with Gasteiger partial charge in [0.05, 0.1) is 5.69 Å². The monoisotopic (exact) mass is 485 g/mol. The topological polar surface area (TPSA) is 113 Å². The van der Waals surface area contributed by atoms with Gasteiger partial charge in [-0.2, -0.15) is 12.7 Å². The van der Waals surface area contributed by atoms with Gasteiger partial charge in [-0.25, -0.2) is 17.7 Å². The SMILES string of the molecule is CCC(C)(C)Cc1cn(S(=O)(=O)N(C)C)c(CCC(=O)NNC(=O)c2ccc(F)c(F)c2)n1. The number of nitrogens with zero attached hydrogens (tertiary/aromatic N) is 3. The minimum absolute atomic E-state index is 0.00744. The Kier molecular flexibility index (Phi) is 8.30. The first-order valence-electron chi connectivity index (χ1n) is 10.3. The van der Waals surface area contributed by atoms with Crippen LogP contribution in [0.2, 0.25) is 0 Å². The minimum atomic E-state index is -3.85. The Bertz CT molecular complexity index is 1130. The Balaban J connectivity index is 2.09. The van der Waals surface area contributed by atoms with Crippen LogP contribution >= 0.6 is 0 Å². The summed E-state index contributed by atoms with van der Waals surface area (Å²) in [5.41, 5.74) is 4.61. The van der Waals surface area contributed by atoms with E-state index in [-0.39, 0.29) is 29.6 Å². The highest BCUT2D eigenvalue weighted by molar-refractivity contribution is 7.87. The zero-order valence-electron chi connectivity index (χ0n) is 19.3. The van der Waals surface area contributed by atoms with Crippen LogP contribution in [0, 0.1) is 17.0 Å². The fourth-order valence-electron chi connectivity index (χ4n) is 2.82. The molecule has 0 atom stereocenters. The molecule has 0 saturated carbocycles. The molecule has 33 heavy (non-hydrogen) atoms. The summed E-state index contributed by atoms with van der Waals surface area (Å²) in [4.78, 5) is 28.6. The summed E-state index contributed by atoms with van der Waals surface area (Å²) in [7, 11) is -1.05. The molecule has 0 aliphatic carbocycles. The number of nitrogens with one attached hydrogen (secondary N) is 2. The number of amides is 2. The van der Waals surface area contributed by atoms with Crippen molar-refractivity contribution in [3.05, 3.63) is 53.1 Å². The minimum Gasteiger partial charge on any atom is -0.273 e. The van der Waals surface area contributed by atoms with Gasteiger partial charge >= 0.3 is 10.2 Å². The van der Waals surface area contributed by atoms with Crippen molar-refractivity contribution in [1.82, 2.24) is 24.1 Å². The molecule has 0 unspecified atom stereocenters. The van der Waals surface area contributed by atoms with E-state index in [1.807, 2.05) is 6.92 Å². The number of aryl methyl sites for hydroxylation is 1. The maximum atomic E-state index is 13.3. The third-order valence-electron chi connectivity index (χ3n) is 5.19. The number of hydrogen-bond acceptors (Lipinski definition) is 5. The quantitative estimate of drug-likeness (QED) is 0.529. The second kappa shape index (κ2) is 10.4. The Hall–Kier alpha value is -2.86. The third kappa shape index (κ3) is 6.81. The molecular formula is C21H29F2N5O4S. The molecule has 2 amide bonds. The van der Waals surface area contributed by atoms with Crippen molar-refractivity contribution in [1.29, 1.82) is 0 Å². The average molecular weight is 486 g/mol. The van der Waals surface area contributed by atoms with Crippen LogP contribution in [0.1, 0.15) is 55.5 Å². The number of carbonyl (C=O) groups excluding carboxylic acids is 2. The lowest BCUT2D eigenvalue weighted by Crippen LogP contribution is -2.41. The Morgan fingerprint density at radius 2 is 1.82 bits per heavy atom. The molecule has 2 N–H and O–H groups in total. The predicted molar refractivity (Wildman–Crippen MR) is 118 cm³/mol. The van der Waals surface area contributed by atoms with Crippen molar-refractivity contribution in [2.24, 2.45) is 5.41 Å². The molecule has 2 rings (SSSR count). The van der Waals surface area contributed by atoms with Crippen molar-refractivity contribution in [2.75, 3.05) is 14.1 Å². The lowest BCUT2D eigenvalue weighted by atomic mass is 9.85. The van der Waals surface area contributed by atoms with Gasteiger partial charge in [-0.05, 0) is 30.0 Å². The highest BCUT2D eigenvalue weighted by Gasteiger charge is 2.25. The molecule has 0 spiro atoms. The molecule has 1 heterocycles. The van der Waals surface area contributed by atoms with E-state index in [0.29, 0.717) is 18.2 Å². The summed E-state index contributed by atoms with van der Waals surface area (Å²) < 4.78 is 53.8. The second-order valence-corrected chi connectivity index (χ2v) is 10.6. The highest BCUT2D eigenvalue weighted by atomic mass is 32.2. The molecule has 0 aliphatic heterocycles. The van der Waals surface area contributed by atoms with Gasteiger partial charge in [0.1, 0.15) is 5.82 Å². The number of carbonyl (C=O) groups is 2. The molecule has 2 aromatic rings. The number of hydrogen-bond donors (Lipinski definition) is 2. The molecule has 0 saturated heterocycles. The van der Waals surface area contributed by atoms with Crippen LogP contribution in [0.15, 0.2) is 24.4 Å². The summed E-state index contributed by atoms with van der Waals surface area (Å²) in [5.74, 6) is -3.54. The average Bonchev–Trinajstić information content (AvgIpc) is 3.14. The van der Waals surface area contributed by atoms with E-state index in [9.17, 15) is 26.8 Å². The van der Waals surface area contributed by atoms with Crippen molar-refractivity contribution >= 4 is 22.0 Å². The normalized spacial score (nSPS) is 12.1. The van der Waals surface area contributed by atoms with Gasteiger partial charge < -0.3 is 0 Å². The molecule has 0 fully saturated rings. The van der Waals surface area contributed by atoms with Gasteiger partial charge in [0.25, 0.3) is 5.91 Å². The third-order valence-corrected chi connectivity index (χ3v) is 6.93. The van der Waals surface area contributed by atoms with Crippen LogP contribution in [0.5, 0.6) is 0 Å². The van der Waals surface area contributed by atoms with Crippen LogP contribution in [-0.4, -0.2) is 47.6 Å². The first-order valence-corrected chi connectivity index (χ1v) is 11.7. The van der Waals surface area contributed by atoms with E-state index in [1.54, 1.807) is 0 Å². The largest absolute Gasteiger partial charge is 0.308 e. The van der Waals surface area contributed by atoms with Gasteiger partial charge in [-0.1, -0.05) is 27.2 Å². The van der Waals surface area contributed by atoms with E-state index in [2.05, 4.69) is 29.7 Å². The zero-order chi connectivity index (χ0) is 25.0. The number of rotatable bonds is 9. The van der Waals surface area contributed by atoms with Crippen LogP contribution in [0.3, 0.4) is 0 Å². The Morgan fingerprint density at radius 3 is 2.39 bits per heavy atom. The van der Waals surface area contributed by atoms with Crippen LogP contribution in [-0.2, 0) is 27.8 Å². The van der Waals surface area contributed by atoms with Crippen LogP contribution < -0.4 is 10.9 Å². The lowest BCUT2D eigenvalue weighted by Gasteiger charge is -2.20. The van der Waals surface area contributed by atoms with Gasteiger partial charge in [0, 0.05) is 38.7 Å². The summed E-state index contributed by atoms with van der Waals surface area (Å²) in [5, 5.41) is 0. The molecule has 9 nitrogen and oxygen atoms in total. The maximum Gasteiger partial charge on any atom is 0.308 e. The van der Waals surface area contributed by atoms with Crippen molar-refractivity contribution < 1.29 is 26.8 Å².